The summed E-state index contributed by atoms with van der Waals surface area (Å²) in [6.45, 7) is 4.77. The van der Waals surface area contributed by atoms with E-state index in [0.717, 1.165) is 11.8 Å². The summed E-state index contributed by atoms with van der Waals surface area (Å²) in [5.74, 6) is -1.03. The molecule has 0 unspecified atom stereocenters. The zero-order valence-corrected chi connectivity index (χ0v) is 15.4. The molecule has 2 aromatic carbocycles. The number of aryl methyl sites for hydroxylation is 2. The van der Waals surface area contributed by atoms with E-state index in [2.05, 4.69) is 20.6 Å². The molecule has 0 radical (unpaired) electrons. The number of aromatic nitrogens is 2. The van der Waals surface area contributed by atoms with Crippen molar-refractivity contribution in [2.75, 3.05) is 23.3 Å². The number of benzene rings is 2. The summed E-state index contributed by atoms with van der Waals surface area (Å²) in [4.78, 5) is 34.8. The molecule has 2 heterocycles. The third-order valence-corrected chi connectivity index (χ3v) is 4.68. The van der Waals surface area contributed by atoms with Gasteiger partial charge in [-0.25, -0.2) is 19.2 Å². The van der Waals surface area contributed by atoms with Gasteiger partial charge < -0.3 is 10.6 Å². The van der Waals surface area contributed by atoms with Crippen LogP contribution >= 0.6 is 0 Å². The van der Waals surface area contributed by atoms with Crippen LogP contribution in [0.15, 0.2) is 36.4 Å². The van der Waals surface area contributed by atoms with E-state index in [4.69, 9.17) is 0 Å². The van der Waals surface area contributed by atoms with Gasteiger partial charge in [-0.2, -0.15) is 0 Å². The number of carbonyl (C=O) groups excluding carboxylic acids is 2. The summed E-state index contributed by atoms with van der Waals surface area (Å²) in [7, 11) is 0. The second-order valence-corrected chi connectivity index (χ2v) is 6.60. The second kappa shape index (κ2) is 6.88. The van der Waals surface area contributed by atoms with Crippen molar-refractivity contribution in [2.45, 2.75) is 13.8 Å². The van der Waals surface area contributed by atoms with Crippen molar-refractivity contribution in [1.82, 2.24) is 15.3 Å². The minimum Gasteiger partial charge on any atom is -0.336 e. The molecule has 0 bridgehead atoms. The largest absolute Gasteiger partial charge is 0.336 e. The van der Waals surface area contributed by atoms with Gasteiger partial charge in [0.05, 0.1) is 22.5 Å². The van der Waals surface area contributed by atoms with Gasteiger partial charge >= 0.3 is 6.03 Å². The van der Waals surface area contributed by atoms with Crippen LogP contribution in [0.2, 0.25) is 0 Å². The first kappa shape index (κ1) is 17.8. The Kier molecular flexibility index (Phi) is 4.38. The van der Waals surface area contributed by atoms with E-state index < -0.39 is 11.7 Å². The van der Waals surface area contributed by atoms with Crippen LogP contribution in [0.5, 0.6) is 0 Å². The molecule has 1 fully saturated rings. The summed E-state index contributed by atoms with van der Waals surface area (Å²) < 4.78 is 14.0. The average molecular weight is 379 g/mol. The van der Waals surface area contributed by atoms with Crippen molar-refractivity contribution in [1.29, 1.82) is 0 Å². The topological polar surface area (TPSA) is 87.2 Å². The molecule has 3 aromatic rings. The van der Waals surface area contributed by atoms with Crippen molar-refractivity contribution in [3.8, 4) is 0 Å². The zero-order valence-electron chi connectivity index (χ0n) is 15.4. The van der Waals surface area contributed by atoms with Crippen LogP contribution < -0.4 is 15.5 Å². The Bertz CT molecular complexity index is 1100. The lowest BCUT2D eigenvalue weighted by Crippen LogP contribution is -2.27. The molecule has 1 aromatic heterocycles. The number of nitrogens with one attached hydrogen (secondary N) is 2. The molecule has 142 valence electrons. The van der Waals surface area contributed by atoms with Crippen LogP contribution in [0.4, 0.5) is 20.6 Å². The standard InChI is InChI=1S/C20H18FN5O2/c1-11-12(2)24-18-16(9-13(21)10-17(18)23-11)19(27)25-14-3-5-15(6-4-14)26-8-7-22-20(26)28/h3-6,9-10H,7-8H2,1-2H3,(H,22,28)(H,25,27). The molecular formula is C20H18FN5O2. The highest BCUT2D eigenvalue weighted by Crippen LogP contribution is 2.23. The van der Waals surface area contributed by atoms with Gasteiger partial charge in [0, 0.05) is 30.5 Å². The first-order valence-electron chi connectivity index (χ1n) is 8.83. The van der Waals surface area contributed by atoms with E-state index in [1.807, 2.05) is 0 Å². The summed E-state index contributed by atoms with van der Waals surface area (Å²) in [6.07, 6.45) is 0. The highest BCUT2D eigenvalue weighted by atomic mass is 19.1. The molecule has 3 amide bonds. The van der Waals surface area contributed by atoms with Crippen molar-refractivity contribution in [3.63, 3.8) is 0 Å². The lowest BCUT2D eigenvalue weighted by Gasteiger charge is -2.15. The Hall–Kier alpha value is -3.55. The van der Waals surface area contributed by atoms with E-state index in [1.54, 1.807) is 43.0 Å². The van der Waals surface area contributed by atoms with Gasteiger partial charge in [-0.05, 0) is 44.2 Å². The Morgan fingerprint density at radius 3 is 2.54 bits per heavy atom. The number of carbonyl (C=O) groups is 2. The van der Waals surface area contributed by atoms with Crippen LogP contribution in [-0.4, -0.2) is 35.0 Å². The molecule has 1 aliphatic heterocycles. The van der Waals surface area contributed by atoms with Gasteiger partial charge in [0.15, 0.2) is 0 Å². The second-order valence-electron chi connectivity index (χ2n) is 6.60. The van der Waals surface area contributed by atoms with E-state index in [-0.39, 0.29) is 11.6 Å². The SMILES string of the molecule is Cc1nc2cc(F)cc(C(=O)Nc3ccc(N4CCNC4=O)cc3)c2nc1C. The molecule has 7 nitrogen and oxygen atoms in total. The fraction of sp³-hybridized carbons (Fsp3) is 0.200. The molecule has 8 heteroatoms. The molecule has 0 saturated carbocycles. The van der Waals surface area contributed by atoms with Crippen molar-refractivity contribution < 1.29 is 14.0 Å². The third-order valence-electron chi connectivity index (χ3n) is 4.68. The van der Waals surface area contributed by atoms with E-state index in [9.17, 15) is 14.0 Å². The molecule has 0 aliphatic carbocycles. The maximum atomic E-state index is 14.0. The number of urea groups is 1. The maximum Gasteiger partial charge on any atom is 0.321 e. The fourth-order valence-electron chi connectivity index (χ4n) is 3.11. The van der Waals surface area contributed by atoms with E-state index in [0.29, 0.717) is 41.2 Å². The lowest BCUT2D eigenvalue weighted by atomic mass is 10.1. The smallest absolute Gasteiger partial charge is 0.321 e. The van der Waals surface area contributed by atoms with Crippen LogP contribution in [0.3, 0.4) is 0 Å². The van der Waals surface area contributed by atoms with Gasteiger partial charge in [0.2, 0.25) is 0 Å². The van der Waals surface area contributed by atoms with Gasteiger partial charge in [-0.3, -0.25) is 9.69 Å². The zero-order chi connectivity index (χ0) is 19.8. The normalized spacial score (nSPS) is 13.7. The highest BCUT2D eigenvalue weighted by molar-refractivity contribution is 6.11. The third kappa shape index (κ3) is 3.24. The Morgan fingerprint density at radius 2 is 1.86 bits per heavy atom. The van der Waals surface area contributed by atoms with Crippen molar-refractivity contribution in [3.05, 3.63) is 59.2 Å². The number of hydrogen-bond donors (Lipinski definition) is 2. The summed E-state index contributed by atoms with van der Waals surface area (Å²) in [5, 5.41) is 5.48. The maximum absolute atomic E-state index is 14.0. The Morgan fingerprint density at radius 1 is 1.14 bits per heavy atom. The lowest BCUT2D eigenvalue weighted by molar-refractivity contribution is 0.102. The molecule has 4 rings (SSSR count). The van der Waals surface area contributed by atoms with Crippen LogP contribution in [0, 0.1) is 19.7 Å². The number of halogens is 1. The number of rotatable bonds is 3. The highest BCUT2D eigenvalue weighted by Gasteiger charge is 2.21. The number of amides is 3. The van der Waals surface area contributed by atoms with Crippen LogP contribution in [0.25, 0.3) is 11.0 Å². The predicted octanol–water partition coefficient (Wildman–Crippen LogP) is 3.17. The first-order valence-corrected chi connectivity index (χ1v) is 8.83. The van der Waals surface area contributed by atoms with Crippen LogP contribution in [-0.2, 0) is 0 Å². The van der Waals surface area contributed by atoms with Crippen molar-refractivity contribution >= 4 is 34.3 Å². The number of nitrogens with zero attached hydrogens (tertiary/aromatic N) is 3. The number of fused-ring (bicyclic) bond motifs is 1. The van der Waals surface area contributed by atoms with Crippen molar-refractivity contribution in [2.24, 2.45) is 0 Å². The number of anilines is 2. The predicted molar refractivity (Wildman–Crippen MR) is 104 cm³/mol. The van der Waals surface area contributed by atoms with Gasteiger partial charge in [0.1, 0.15) is 11.3 Å². The van der Waals surface area contributed by atoms with E-state index >= 15 is 0 Å². The molecular weight excluding hydrogens is 361 g/mol. The summed E-state index contributed by atoms with van der Waals surface area (Å²) in [5.41, 5.74) is 3.45. The fourth-order valence-corrected chi connectivity index (χ4v) is 3.11. The van der Waals surface area contributed by atoms with Crippen LogP contribution in [0.1, 0.15) is 21.7 Å². The number of hydrogen-bond acceptors (Lipinski definition) is 4. The average Bonchev–Trinajstić information content (AvgIpc) is 3.09. The molecule has 1 saturated heterocycles. The van der Waals surface area contributed by atoms with Gasteiger partial charge in [-0.1, -0.05) is 0 Å². The van der Waals surface area contributed by atoms with Gasteiger partial charge in [-0.15, -0.1) is 0 Å². The Balaban J connectivity index is 1.62. The summed E-state index contributed by atoms with van der Waals surface area (Å²) >= 11 is 0. The molecule has 0 atom stereocenters. The minimum absolute atomic E-state index is 0.119. The Labute approximate surface area is 160 Å². The first-order chi connectivity index (χ1) is 13.4. The molecule has 28 heavy (non-hydrogen) atoms. The molecule has 0 spiro atoms. The minimum atomic E-state index is -0.550. The van der Waals surface area contributed by atoms with E-state index in [1.165, 1.54) is 6.07 Å². The van der Waals surface area contributed by atoms with Gasteiger partial charge in [0.25, 0.3) is 5.91 Å². The molecule has 1 aliphatic rings. The quantitative estimate of drug-likeness (QED) is 0.732. The monoisotopic (exact) mass is 379 g/mol. The summed E-state index contributed by atoms with van der Waals surface area (Å²) in [6, 6.07) is 9.16. The molecule has 2 N–H and O–H groups in total.